The number of carbonyl (C=O) groups is 2. The van der Waals surface area contributed by atoms with Crippen molar-refractivity contribution in [3.63, 3.8) is 0 Å². The Balaban J connectivity index is 1.75. The summed E-state index contributed by atoms with van der Waals surface area (Å²) in [7, 11) is 1.60. The minimum atomic E-state index is -0.772. The van der Waals surface area contributed by atoms with E-state index in [4.69, 9.17) is 14.2 Å². The van der Waals surface area contributed by atoms with Crippen molar-refractivity contribution < 1.29 is 23.8 Å². The highest BCUT2D eigenvalue weighted by Crippen LogP contribution is 2.27. The molecule has 1 aromatic rings. The number of carbonyl (C=O) groups excluding carboxylic acids is 2. The SMILES string of the molecule is COc1ccc(CN2C(=O)O[C@H]3C(=O)OC[C@H]32)cc1. The maximum absolute atomic E-state index is 11.7. The molecule has 6 nitrogen and oxygen atoms in total. The van der Waals surface area contributed by atoms with Gasteiger partial charge in [-0.05, 0) is 17.7 Å². The van der Waals surface area contributed by atoms with Crippen LogP contribution in [-0.2, 0) is 20.8 Å². The first-order valence-electron chi connectivity index (χ1n) is 5.96. The molecule has 2 atom stereocenters. The Morgan fingerprint density at radius 1 is 1.32 bits per heavy atom. The number of benzene rings is 1. The Morgan fingerprint density at radius 3 is 2.74 bits per heavy atom. The van der Waals surface area contributed by atoms with E-state index in [1.165, 1.54) is 4.90 Å². The summed E-state index contributed by atoms with van der Waals surface area (Å²) in [6, 6.07) is 7.07. The molecule has 6 heteroatoms. The minimum absolute atomic E-state index is 0.200. The summed E-state index contributed by atoms with van der Waals surface area (Å²) in [6.07, 6.45) is -1.24. The van der Waals surface area contributed by atoms with Crippen molar-refractivity contribution in [1.82, 2.24) is 4.90 Å². The lowest BCUT2D eigenvalue weighted by Crippen LogP contribution is -2.36. The first-order valence-corrected chi connectivity index (χ1v) is 5.96. The predicted molar refractivity (Wildman–Crippen MR) is 63.6 cm³/mol. The normalized spacial score (nSPS) is 25.0. The third kappa shape index (κ3) is 1.99. The van der Waals surface area contributed by atoms with Gasteiger partial charge in [-0.3, -0.25) is 4.90 Å². The van der Waals surface area contributed by atoms with Gasteiger partial charge in [0.25, 0.3) is 0 Å². The molecule has 2 aliphatic heterocycles. The molecule has 0 radical (unpaired) electrons. The second-order valence-electron chi connectivity index (χ2n) is 4.48. The smallest absolute Gasteiger partial charge is 0.411 e. The van der Waals surface area contributed by atoms with Crippen LogP contribution in [0.25, 0.3) is 0 Å². The van der Waals surface area contributed by atoms with Crippen molar-refractivity contribution in [2.75, 3.05) is 13.7 Å². The zero-order valence-electron chi connectivity index (χ0n) is 10.4. The number of esters is 1. The van der Waals surface area contributed by atoms with E-state index in [9.17, 15) is 9.59 Å². The topological polar surface area (TPSA) is 65.1 Å². The number of hydrogen-bond donors (Lipinski definition) is 0. The number of nitrogens with zero attached hydrogens (tertiary/aromatic N) is 1. The van der Waals surface area contributed by atoms with Crippen molar-refractivity contribution in [1.29, 1.82) is 0 Å². The van der Waals surface area contributed by atoms with E-state index in [1.54, 1.807) is 7.11 Å². The highest BCUT2D eigenvalue weighted by Gasteiger charge is 2.51. The molecule has 19 heavy (non-hydrogen) atoms. The van der Waals surface area contributed by atoms with E-state index < -0.39 is 18.2 Å². The van der Waals surface area contributed by atoms with E-state index in [2.05, 4.69) is 0 Å². The number of hydrogen-bond acceptors (Lipinski definition) is 5. The Kier molecular flexibility index (Phi) is 2.77. The molecule has 0 aliphatic carbocycles. The number of fused-ring (bicyclic) bond motifs is 1. The van der Waals surface area contributed by atoms with Gasteiger partial charge in [-0.15, -0.1) is 0 Å². The number of cyclic esters (lactones) is 1. The molecular formula is C13H13NO5. The van der Waals surface area contributed by atoms with Gasteiger partial charge >= 0.3 is 12.1 Å². The van der Waals surface area contributed by atoms with Crippen LogP contribution in [0, 0.1) is 0 Å². The van der Waals surface area contributed by atoms with E-state index in [1.807, 2.05) is 24.3 Å². The maximum atomic E-state index is 11.7. The standard InChI is InChI=1S/C13H13NO5/c1-17-9-4-2-8(3-5-9)6-14-10-7-18-12(15)11(10)19-13(14)16/h2-5,10-11H,6-7H2,1H3/t10-,11-/m1/s1. The zero-order valence-corrected chi connectivity index (χ0v) is 10.4. The van der Waals surface area contributed by atoms with Gasteiger partial charge in [-0.2, -0.15) is 0 Å². The summed E-state index contributed by atoms with van der Waals surface area (Å²) in [5, 5.41) is 0. The van der Waals surface area contributed by atoms with E-state index in [0.29, 0.717) is 6.54 Å². The lowest BCUT2D eigenvalue weighted by atomic mass is 10.1. The molecule has 0 spiro atoms. The van der Waals surface area contributed by atoms with Gasteiger partial charge in [0.2, 0.25) is 6.10 Å². The van der Waals surface area contributed by atoms with Gasteiger partial charge in [-0.25, -0.2) is 9.59 Å². The molecule has 2 heterocycles. The molecule has 3 rings (SSSR count). The fourth-order valence-electron chi connectivity index (χ4n) is 2.30. The van der Waals surface area contributed by atoms with Crippen molar-refractivity contribution in [2.24, 2.45) is 0 Å². The quantitative estimate of drug-likeness (QED) is 0.759. The summed E-state index contributed by atoms with van der Waals surface area (Å²) in [6.45, 7) is 0.589. The molecule has 1 amide bonds. The van der Waals surface area contributed by atoms with Crippen molar-refractivity contribution in [3.8, 4) is 5.75 Å². The van der Waals surface area contributed by atoms with Gasteiger partial charge in [0.15, 0.2) is 0 Å². The van der Waals surface area contributed by atoms with Crippen LogP contribution in [0.5, 0.6) is 5.75 Å². The van der Waals surface area contributed by atoms with Crippen LogP contribution in [0.2, 0.25) is 0 Å². The first-order chi connectivity index (χ1) is 9.19. The van der Waals surface area contributed by atoms with Crippen LogP contribution in [-0.4, -0.2) is 42.8 Å². The van der Waals surface area contributed by atoms with Gasteiger partial charge < -0.3 is 14.2 Å². The van der Waals surface area contributed by atoms with Gasteiger partial charge in [0, 0.05) is 6.54 Å². The van der Waals surface area contributed by atoms with Crippen LogP contribution in [0.15, 0.2) is 24.3 Å². The average molecular weight is 263 g/mol. The summed E-state index contributed by atoms with van der Waals surface area (Å²) in [4.78, 5) is 24.6. The maximum Gasteiger partial charge on any atom is 0.411 e. The number of ether oxygens (including phenoxy) is 3. The third-order valence-electron chi connectivity index (χ3n) is 3.35. The highest BCUT2D eigenvalue weighted by molar-refractivity contribution is 5.85. The summed E-state index contributed by atoms with van der Waals surface area (Å²) in [5.41, 5.74) is 0.942. The summed E-state index contributed by atoms with van der Waals surface area (Å²) in [5.74, 6) is 0.292. The average Bonchev–Trinajstić information content (AvgIpc) is 2.92. The largest absolute Gasteiger partial charge is 0.497 e. The van der Waals surface area contributed by atoms with Crippen molar-refractivity contribution >= 4 is 12.1 Å². The second-order valence-corrected chi connectivity index (χ2v) is 4.48. The Morgan fingerprint density at radius 2 is 2.05 bits per heavy atom. The Labute approximate surface area is 109 Å². The number of methoxy groups -OCH3 is 1. The second kappa shape index (κ2) is 4.46. The predicted octanol–water partition coefficient (Wildman–Crippen LogP) is 0.941. The zero-order chi connectivity index (χ0) is 13.4. The first kappa shape index (κ1) is 11.8. The molecule has 100 valence electrons. The fourth-order valence-corrected chi connectivity index (χ4v) is 2.30. The molecule has 2 fully saturated rings. The molecule has 1 aromatic carbocycles. The van der Waals surface area contributed by atoms with Gasteiger partial charge in [0.05, 0.1) is 7.11 Å². The molecule has 0 aromatic heterocycles. The lowest BCUT2D eigenvalue weighted by Gasteiger charge is -2.18. The summed E-state index contributed by atoms with van der Waals surface area (Å²) < 4.78 is 15.0. The van der Waals surface area contributed by atoms with E-state index >= 15 is 0 Å². The number of amides is 1. The molecule has 0 N–H and O–H groups in total. The molecule has 0 unspecified atom stereocenters. The minimum Gasteiger partial charge on any atom is -0.497 e. The molecular weight excluding hydrogens is 250 g/mol. The molecule has 0 saturated carbocycles. The summed E-state index contributed by atoms with van der Waals surface area (Å²) >= 11 is 0. The van der Waals surface area contributed by atoms with Crippen LogP contribution < -0.4 is 4.74 Å². The highest BCUT2D eigenvalue weighted by atomic mass is 16.6. The Hall–Kier alpha value is -2.24. The number of rotatable bonds is 3. The lowest BCUT2D eigenvalue weighted by molar-refractivity contribution is -0.144. The van der Waals surface area contributed by atoms with E-state index in [0.717, 1.165) is 11.3 Å². The molecule has 0 bridgehead atoms. The molecule has 2 saturated heterocycles. The van der Waals surface area contributed by atoms with Gasteiger partial charge in [-0.1, -0.05) is 12.1 Å². The van der Waals surface area contributed by atoms with Crippen LogP contribution in [0.1, 0.15) is 5.56 Å². The van der Waals surface area contributed by atoms with Crippen LogP contribution in [0.4, 0.5) is 4.79 Å². The Bertz CT molecular complexity index is 512. The fraction of sp³-hybridized carbons (Fsp3) is 0.385. The van der Waals surface area contributed by atoms with Crippen LogP contribution >= 0.6 is 0 Å². The van der Waals surface area contributed by atoms with Crippen LogP contribution in [0.3, 0.4) is 0 Å². The van der Waals surface area contributed by atoms with E-state index in [-0.39, 0.29) is 12.6 Å². The van der Waals surface area contributed by atoms with Crippen molar-refractivity contribution in [2.45, 2.75) is 18.7 Å². The third-order valence-corrected chi connectivity index (χ3v) is 3.35. The van der Waals surface area contributed by atoms with Gasteiger partial charge in [0.1, 0.15) is 18.4 Å². The monoisotopic (exact) mass is 263 g/mol. The molecule has 2 aliphatic rings. The van der Waals surface area contributed by atoms with Crippen molar-refractivity contribution in [3.05, 3.63) is 29.8 Å².